The van der Waals surface area contributed by atoms with Gasteiger partial charge in [0.1, 0.15) is 30.3 Å². The summed E-state index contributed by atoms with van der Waals surface area (Å²) in [6, 6.07) is 0. The summed E-state index contributed by atoms with van der Waals surface area (Å²) in [5.41, 5.74) is 6.56. The average Bonchev–Trinajstić information content (AvgIpc) is 3.08. The first kappa shape index (κ1) is 18.3. The monoisotopic (exact) mass is 392 g/mol. The number of fused-ring (bicyclic) bond motifs is 1. The zero-order chi connectivity index (χ0) is 18.2. The molecule has 1 aliphatic rings. The third-order valence-electron chi connectivity index (χ3n) is 3.58. The first-order chi connectivity index (χ1) is 11.7. The predicted octanol–water partition coefficient (Wildman–Crippen LogP) is 0.563. The Hall–Kier alpha value is -1.52. The lowest BCUT2D eigenvalue weighted by Gasteiger charge is -2.16. The smallest absolute Gasteiger partial charge is 0.382 e. The number of nitrogens with two attached hydrogens (primary N) is 1. The minimum Gasteiger partial charge on any atom is -0.382 e. The minimum atomic E-state index is -3.73. The fourth-order valence-corrected chi connectivity index (χ4v) is 3.42. The van der Waals surface area contributed by atoms with Gasteiger partial charge in [-0.1, -0.05) is 0 Å². The maximum Gasteiger partial charge on any atom is 0.695 e. The number of imidazole rings is 1. The Morgan fingerprint density at radius 2 is 2.28 bits per heavy atom. The van der Waals surface area contributed by atoms with E-state index >= 15 is 0 Å². The summed E-state index contributed by atoms with van der Waals surface area (Å²) >= 11 is 0. The van der Waals surface area contributed by atoms with E-state index in [0.717, 1.165) is 6.66 Å². The number of aromatic nitrogens is 4. The van der Waals surface area contributed by atoms with E-state index in [1.54, 1.807) is 4.57 Å². The molecule has 0 amide bonds. The van der Waals surface area contributed by atoms with Crippen molar-refractivity contribution in [2.75, 3.05) is 19.0 Å². The van der Waals surface area contributed by atoms with Crippen LogP contribution in [0.25, 0.3) is 11.2 Å². The normalized spacial score (nSPS) is 26.7. The molecule has 2 aromatic heterocycles. The maximum absolute atomic E-state index is 11.3. The predicted molar refractivity (Wildman–Crippen MR) is 84.7 cm³/mol. The second-order valence-electron chi connectivity index (χ2n) is 5.43. The summed E-state index contributed by atoms with van der Waals surface area (Å²) in [7, 11) is -6.61. The van der Waals surface area contributed by atoms with Crippen molar-refractivity contribution in [2.45, 2.75) is 24.9 Å². The van der Waals surface area contributed by atoms with Crippen molar-refractivity contribution in [1.82, 2.24) is 19.5 Å². The van der Waals surface area contributed by atoms with Crippen LogP contribution in [-0.4, -0.2) is 54.8 Å². The van der Waals surface area contributed by atoms with E-state index in [9.17, 15) is 14.0 Å². The topological polar surface area (TPSA) is 172 Å². The molecule has 136 valence electrons. The molecule has 0 saturated carbocycles. The van der Waals surface area contributed by atoms with Gasteiger partial charge in [0.25, 0.3) is 0 Å². The van der Waals surface area contributed by atoms with Crippen molar-refractivity contribution < 1.29 is 32.7 Å². The molecule has 4 N–H and O–H groups in total. The van der Waals surface area contributed by atoms with E-state index in [1.165, 1.54) is 12.7 Å². The minimum absolute atomic E-state index is 0.185. The quantitative estimate of drug-likeness (QED) is 0.586. The highest BCUT2D eigenvalue weighted by atomic mass is 31.2. The molecule has 1 fully saturated rings. The van der Waals surface area contributed by atoms with Crippen molar-refractivity contribution in [3.05, 3.63) is 12.7 Å². The lowest BCUT2D eigenvalue weighted by atomic mass is 10.2. The molecule has 3 rings (SSSR count). The summed E-state index contributed by atoms with van der Waals surface area (Å²) in [5.74, 6) is 0.208. The van der Waals surface area contributed by atoms with Crippen LogP contribution in [0.3, 0.4) is 0 Å². The molecular formula is C11H16N5O7P2+. The van der Waals surface area contributed by atoms with Crippen molar-refractivity contribution in [3.63, 3.8) is 0 Å². The van der Waals surface area contributed by atoms with Crippen molar-refractivity contribution in [1.29, 1.82) is 0 Å². The molecule has 0 spiro atoms. The maximum atomic E-state index is 11.3. The molecule has 0 aromatic carbocycles. The van der Waals surface area contributed by atoms with Crippen LogP contribution < -0.4 is 5.73 Å². The lowest BCUT2D eigenvalue weighted by molar-refractivity contribution is -0.0357. The van der Waals surface area contributed by atoms with Crippen molar-refractivity contribution in [2.24, 2.45) is 0 Å². The number of hydrogen-bond donors (Lipinski definition) is 3. The van der Waals surface area contributed by atoms with Crippen LogP contribution in [-0.2, 0) is 22.9 Å². The second kappa shape index (κ2) is 7.00. The largest absolute Gasteiger partial charge is 0.695 e. The average molecular weight is 392 g/mol. The number of ether oxygens (including phenoxy) is 1. The Labute approximate surface area is 142 Å². The van der Waals surface area contributed by atoms with E-state index in [-0.39, 0.29) is 18.8 Å². The fraction of sp³-hybridized carbons (Fsp3) is 0.545. The molecule has 0 aliphatic carbocycles. The summed E-state index contributed by atoms with van der Waals surface area (Å²) in [6.45, 7) is 0.753. The third-order valence-corrected chi connectivity index (χ3v) is 4.66. The van der Waals surface area contributed by atoms with Gasteiger partial charge in [0.15, 0.2) is 11.5 Å². The van der Waals surface area contributed by atoms with E-state index < -0.39 is 34.3 Å². The van der Waals surface area contributed by atoms with Crippen molar-refractivity contribution >= 4 is 32.8 Å². The standard InChI is InChI=1S/C11H15N5O7P2/c1-25(19,20)21-3-7-6(23-24(17)18)2-8(22-7)16-5-15-9-10(12)13-4-14-11(9)16/h4-8H,2-3H2,1H3,(H3-,12,13,14,17,18,19,20)/p+1/t6-,7+,8+/m0/s1. The van der Waals surface area contributed by atoms with Gasteiger partial charge in [-0.15, -0.1) is 9.42 Å². The Balaban J connectivity index is 1.83. The molecule has 0 radical (unpaired) electrons. The van der Waals surface area contributed by atoms with Crippen LogP contribution >= 0.6 is 15.9 Å². The third kappa shape index (κ3) is 4.18. The number of nitrogen functional groups attached to an aromatic ring is 1. The summed E-state index contributed by atoms with van der Waals surface area (Å²) in [5, 5.41) is 0. The molecule has 1 saturated heterocycles. The molecule has 5 atom stereocenters. The summed E-state index contributed by atoms with van der Waals surface area (Å²) < 4.78 is 39.5. The van der Waals surface area contributed by atoms with E-state index in [2.05, 4.69) is 15.0 Å². The van der Waals surface area contributed by atoms with E-state index in [4.69, 9.17) is 24.4 Å². The Bertz CT molecular complexity index is 839. The number of rotatable bonds is 6. The SMILES string of the molecule is CP(=O)(O)OC[C@H]1O[C@@H](n2cnc3c(N)ncnc32)C[C@@H]1O[P+](=O)O. The molecular weight excluding hydrogens is 376 g/mol. The van der Waals surface area contributed by atoms with Crippen LogP contribution in [0, 0.1) is 0 Å². The molecule has 12 nitrogen and oxygen atoms in total. The summed E-state index contributed by atoms with van der Waals surface area (Å²) in [4.78, 5) is 30.4. The Morgan fingerprint density at radius 3 is 2.96 bits per heavy atom. The van der Waals surface area contributed by atoms with Gasteiger partial charge in [-0.3, -0.25) is 9.13 Å². The number of anilines is 1. The number of nitrogens with zero attached hydrogens (tertiary/aromatic N) is 4. The van der Waals surface area contributed by atoms with Gasteiger partial charge in [0.05, 0.1) is 12.9 Å². The molecule has 25 heavy (non-hydrogen) atoms. The van der Waals surface area contributed by atoms with E-state index in [0.29, 0.717) is 11.2 Å². The highest BCUT2D eigenvalue weighted by Gasteiger charge is 2.43. The van der Waals surface area contributed by atoms with Gasteiger partial charge < -0.3 is 19.9 Å². The lowest BCUT2D eigenvalue weighted by Crippen LogP contribution is -2.27. The summed E-state index contributed by atoms with van der Waals surface area (Å²) in [6.07, 6.45) is 0.641. The first-order valence-electron chi connectivity index (χ1n) is 7.11. The van der Waals surface area contributed by atoms with Crippen LogP contribution in [0.5, 0.6) is 0 Å². The van der Waals surface area contributed by atoms with Crippen molar-refractivity contribution in [3.8, 4) is 0 Å². The van der Waals surface area contributed by atoms with Gasteiger partial charge in [-0.05, 0) is 0 Å². The Kier molecular flexibility index (Phi) is 5.12. The zero-order valence-corrected chi connectivity index (χ0v) is 14.8. The highest BCUT2D eigenvalue weighted by Crippen LogP contribution is 2.41. The first-order valence-corrected chi connectivity index (χ1v) is 10.3. The van der Waals surface area contributed by atoms with Crippen LogP contribution in [0.15, 0.2) is 12.7 Å². The molecule has 0 bridgehead atoms. The molecule has 2 unspecified atom stereocenters. The van der Waals surface area contributed by atoms with Gasteiger partial charge in [-0.25, -0.2) is 15.0 Å². The molecule has 14 heteroatoms. The van der Waals surface area contributed by atoms with E-state index in [1.807, 2.05) is 0 Å². The number of hydrogen-bond acceptors (Lipinski definition) is 9. The zero-order valence-electron chi connectivity index (χ0n) is 13.0. The van der Waals surface area contributed by atoms with Gasteiger partial charge >= 0.3 is 15.9 Å². The molecule has 3 heterocycles. The van der Waals surface area contributed by atoms with Crippen LogP contribution in [0.2, 0.25) is 0 Å². The fourth-order valence-electron chi connectivity index (χ4n) is 2.54. The Morgan fingerprint density at radius 1 is 1.52 bits per heavy atom. The van der Waals surface area contributed by atoms with Gasteiger partial charge in [-0.2, -0.15) is 0 Å². The van der Waals surface area contributed by atoms with Gasteiger partial charge in [0.2, 0.25) is 0 Å². The second-order valence-corrected chi connectivity index (χ2v) is 7.98. The molecule has 1 aliphatic heterocycles. The molecule has 2 aromatic rings. The highest BCUT2D eigenvalue weighted by molar-refractivity contribution is 7.51. The van der Waals surface area contributed by atoms with Gasteiger partial charge in [0, 0.05) is 17.7 Å². The van der Waals surface area contributed by atoms with Crippen LogP contribution in [0.1, 0.15) is 12.6 Å². The van der Waals surface area contributed by atoms with Crippen LogP contribution in [0.4, 0.5) is 5.82 Å².